The molecule has 0 aliphatic carbocycles. The van der Waals surface area contributed by atoms with Crippen LogP contribution in [0.5, 0.6) is 0 Å². The molecule has 0 radical (unpaired) electrons. The zero-order valence-corrected chi connectivity index (χ0v) is 11.9. The normalized spacial score (nSPS) is 18.2. The Kier molecular flexibility index (Phi) is 11.1. The van der Waals surface area contributed by atoms with Crippen LogP contribution in [-0.4, -0.2) is 65.8 Å². The molecule has 0 aromatic rings. The highest BCUT2D eigenvalue weighted by Gasteiger charge is 2.14. The van der Waals surface area contributed by atoms with Crippen molar-refractivity contribution < 1.29 is 28.8 Å². The Morgan fingerprint density at radius 2 is 1.44 bits per heavy atom. The highest BCUT2D eigenvalue weighted by molar-refractivity contribution is 8.61. The molecule has 0 heterocycles. The molecule has 0 spiro atoms. The van der Waals surface area contributed by atoms with E-state index in [1.165, 1.54) is 0 Å². The van der Waals surface area contributed by atoms with Gasteiger partial charge in [0.2, 0.25) is 0 Å². The summed E-state index contributed by atoms with van der Waals surface area (Å²) in [7, 11) is -3.15. The predicted molar refractivity (Wildman–Crippen MR) is 70.7 cm³/mol. The van der Waals surface area contributed by atoms with Gasteiger partial charge in [-0.2, -0.15) is 0 Å². The second-order valence-corrected chi connectivity index (χ2v) is 8.19. The van der Waals surface area contributed by atoms with Crippen LogP contribution >= 0.6 is 0 Å². The number of aliphatic hydroxyl groups excluding tert-OH is 4. The average molecular weight is 302 g/mol. The summed E-state index contributed by atoms with van der Waals surface area (Å²) >= 11 is 0. The monoisotopic (exact) mass is 302 g/mol. The molecule has 110 valence electrons. The molecule has 6 nitrogen and oxygen atoms in total. The van der Waals surface area contributed by atoms with Crippen LogP contribution in [0.1, 0.15) is 25.7 Å². The maximum Gasteiger partial charge on any atom is 0.113 e. The van der Waals surface area contributed by atoms with Crippen molar-refractivity contribution >= 4 is 19.7 Å². The summed E-state index contributed by atoms with van der Waals surface area (Å²) in [5.74, 6) is 0.103. The van der Waals surface area contributed by atoms with Gasteiger partial charge in [0.15, 0.2) is 0 Å². The Balaban J connectivity index is 3.61. The van der Waals surface area contributed by atoms with Crippen LogP contribution in [0.15, 0.2) is 0 Å². The molecule has 8 heteroatoms. The third-order valence-electron chi connectivity index (χ3n) is 2.31. The minimum Gasteiger partial charge on any atom is -0.394 e. The SMILES string of the molecule is O=S(CCCCCC(O)CO)S(=O)CC(O)CO. The van der Waals surface area contributed by atoms with E-state index in [0.29, 0.717) is 19.3 Å². The fraction of sp³-hybridized carbons (Fsp3) is 1.00. The number of hydrogen-bond donors (Lipinski definition) is 4. The van der Waals surface area contributed by atoms with Gasteiger partial charge in [0.05, 0.1) is 31.2 Å². The number of hydrogen-bond acceptors (Lipinski definition) is 6. The van der Waals surface area contributed by atoms with Gasteiger partial charge in [-0.1, -0.05) is 12.8 Å². The molecule has 0 bridgehead atoms. The summed E-state index contributed by atoms with van der Waals surface area (Å²) < 4.78 is 22.9. The molecule has 4 atom stereocenters. The van der Waals surface area contributed by atoms with Crippen molar-refractivity contribution in [2.75, 3.05) is 24.7 Å². The molecular formula is C10H22O6S2. The maximum atomic E-state index is 11.5. The first-order valence-electron chi connectivity index (χ1n) is 5.86. The number of rotatable bonds is 11. The van der Waals surface area contributed by atoms with Crippen LogP contribution in [0.3, 0.4) is 0 Å². The fourth-order valence-electron chi connectivity index (χ4n) is 1.25. The van der Waals surface area contributed by atoms with Gasteiger partial charge in [-0.15, -0.1) is 0 Å². The maximum absolute atomic E-state index is 11.5. The van der Waals surface area contributed by atoms with Gasteiger partial charge < -0.3 is 20.4 Å². The molecule has 4 N–H and O–H groups in total. The van der Waals surface area contributed by atoms with Gasteiger partial charge in [0, 0.05) is 5.75 Å². The van der Waals surface area contributed by atoms with Crippen molar-refractivity contribution in [2.24, 2.45) is 0 Å². The zero-order valence-electron chi connectivity index (χ0n) is 10.2. The largest absolute Gasteiger partial charge is 0.394 e. The van der Waals surface area contributed by atoms with E-state index >= 15 is 0 Å². The topological polar surface area (TPSA) is 115 Å². The van der Waals surface area contributed by atoms with E-state index in [1.54, 1.807) is 0 Å². The Morgan fingerprint density at radius 3 is 2.00 bits per heavy atom. The molecule has 18 heavy (non-hydrogen) atoms. The van der Waals surface area contributed by atoms with Crippen molar-refractivity contribution in [3.05, 3.63) is 0 Å². The predicted octanol–water partition coefficient (Wildman–Crippen LogP) is -1.33. The molecule has 0 aromatic heterocycles. The molecule has 0 saturated heterocycles. The third-order valence-corrected chi connectivity index (χ3v) is 6.15. The lowest BCUT2D eigenvalue weighted by Crippen LogP contribution is -2.23. The minimum absolute atomic E-state index is 0.174. The summed E-state index contributed by atoms with van der Waals surface area (Å²) in [4.78, 5) is 0. The van der Waals surface area contributed by atoms with Crippen LogP contribution in [0, 0.1) is 0 Å². The molecule has 0 amide bonds. The standard InChI is InChI=1S/C10H22O6S2/c11-6-9(13)4-2-1-3-5-17(15)18(16)8-10(14)7-12/h9-14H,1-8H2. The van der Waals surface area contributed by atoms with Crippen LogP contribution in [0.4, 0.5) is 0 Å². The average Bonchev–Trinajstić information content (AvgIpc) is 2.37. The third kappa shape index (κ3) is 9.12. The van der Waals surface area contributed by atoms with Crippen molar-refractivity contribution in [3.8, 4) is 0 Å². The highest BCUT2D eigenvalue weighted by atomic mass is 33.1. The highest BCUT2D eigenvalue weighted by Crippen LogP contribution is 2.06. The summed E-state index contributed by atoms with van der Waals surface area (Å²) in [5, 5.41) is 35.3. The molecule has 0 saturated carbocycles. The van der Waals surface area contributed by atoms with Crippen molar-refractivity contribution in [3.63, 3.8) is 0 Å². The van der Waals surface area contributed by atoms with E-state index in [1.807, 2.05) is 0 Å². The second-order valence-electron chi connectivity index (χ2n) is 4.00. The first kappa shape index (κ1) is 18.1. The lowest BCUT2D eigenvalue weighted by Gasteiger charge is -2.07. The second kappa shape index (κ2) is 11.0. The van der Waals surface area contributed by atoms with E-state index in [-0.39, 0.29) is 18.1 Å². The number of unbranched alkanes of at least 4 members (excludes halogenated alkanes) is 2. The summed E-state index contributed by atoms with van der Waals surface area (Å²) in [6.45, 7) is -0.739. The van der Waals surface area contributed by atoms with E-state index < -0.39 is 38.5 Å². The fourth-order valence-corrected chi connectivity index (χ4v) is 4.28. The molecule has 0 aromatic carbocycles. The van der Waals surface area contributed by atoms with Crippen molar-refractivity contribution in [2.45, 2.75) is 37.9 Å². The molecule has 0 aliphatic rings. The Labute approximate surface area is 111 Å². The lowest BCUT2D eigenvalue weighted by molar-refractivity contribution is 0.0861. The quantitative estimate of drug-likeness (QED) is 0.277. The summed E-state index contributed by atoms with van der Waals surface area (Å²) in [5.41, 5.74) is 0. The van der Waals surface area contributed by atoms with Gasteiger partial charge in [0.1, 0.15) is 19.7 Å². The Morgan fingerprint density at radius 1 is 0.833 bits per heavy atom. The van der Waals surface area contributed by atoms with E-state index in [9.17, 15) is 8.42 Å². The van der Waals surface area contributed by atoms with Crippen LogP contribution in [-0.2, 0) is 19.7 Å². The van der Waals surface area contributed by atoms with E-state index in [4.69, 9.17) is 20.4 Å². The smallest absolute Gasteiger partial charge is 0.113 e. The van der Waals surface area contributed by atoms with E-state index in [0.717, 1.165) is 6.42 Å². The van der Waals surface area contributed by atoms with Gasteiger partial charge in [-0.25, -0.2) is 8.42 Å². The van der Waals surface area contributed by atoms with Crippen LogP contribution in [0.2, 0.25) is 0 Å². The summed E-state index contributed by atoms with van der Waals surface area (Å²) in [6.07, 6.45) is 0.771. The molecule has 0 fully saturated rings. The lowest BCUT2D eigenvalue weighted by atomic mass is 10.1. The first-order chi connectivity index (χ1) is 8.51. The van der Waals surface area contributed by atoms with Crippen LogP contribution < -0.4 is 0 Å². The molecular weight excluding hydrogens is 280 g/mol. The first-order valence-corrected chi connectivity index (χ1v) is 9.01. The number of aliphatic hydroxyl groups is 4. The Hall–Kier alpha value is 0.140. The molecule has 4 unspecified atom stereocenters. The van der Waals surface area contributed by atoms with Gasteiger partial charge in [-0.05, 0) is 12.8 Å². The molecule has 0 aliphatic heterocycles. The minimum atomic E-state index is -1.64. The van der Waals surface area contributed by atoms with Crippen molar-refractivity contribution in [1.82, 2.24) is 0 Å². The van der Waals surface area contributed by atoms with Gasteiger partial charge >= 0.3 is 0 Å². The summed E-state index contributed by atoms with van der Waals surface area (Å²) in [6, 6.07) is 0. The van der Waals surface area contributed by atoms with E-state index in [2.05, 4.69) is 0 Å². The Bertz CT molecular complexity index is 261. The van der Waals surface area contributed by atoms with Crippen molar-refractivity contribution in [1.29, 1.82) is 0 Å². The van der Waals surface area contributed by atoms with Gasteiger partial charge in [0.25, 0.3) is 0 Å². The zero-order chi connectivity index (χ0) is 14.0. The van der Waals surface area contributed by atoms with Crippen LogP contribution in [0.25, 0.3) is 0 Å². The molecule has 0 rings (SSSR count). The van der Waals surface area contributed by atoms with Gasteiger partial charge in [-0.3, -0.25) is 0 Å².